The number of nitrogens with one attached hydrogen (secondary N) is 2. The number of hydrogen-bond donors (Lipinski definition) is 2. The molecular formula is C10H15BrN4. The molecule has 1 aliphatic heterocycles. The number of nitrogens with zero attached hydrogens (tertiary/aromatic N) is 2. The minimum Gasteiger partial charge on any atom is -0.365 e. The molecule has 82 valence electrons. The third-order valence-corrected chi connectivity index (χ3v) is 3.48. The lowest BCUT2D eigenvalue weighted by Gasteiger charge is -2.14. The van der Waals surface area contributed by atoms with Gasteiger partial charge in [0.15, 0.2) is 0 Å². The van der Waals surface area contributed by atoms with Crippen molar-refractivity contribution in [2.45, 2.75) is 26.3 Å². The van der Waals surface area contributed by atoms with Gasteiger partial charge in [0.25, 0.3) is 0 Å². The second-order valence-electron chi connectivity index (χ2n) is 3.85. The normalized spacial score (nSPS) is 20.6. The van der Waals surface area contributed by atoms with E-state index in [0.29, 0.717) is 6.04 Å². The smallest absolute Gasteiger partial charge is 0.144 e. The molecule has 1 fully saturated rings. The Morgan fingerprint density at radius 2 is 2.20 bits per heavy atom. The molecule has 1 saturated heterocycles. The van der Waals surface area contributed by atoms with Crippen molar-refractivity contribution >= 4 is 21.7 Å². The molecule has 0 radical (unpaired) electrons. The van der Waals surface area contributed by atoms with E-state index in [1.165, 1.54) is 0 Å². The van der Waals surface area contributed by atoms with Gasteiger partial charge < -0.3 is 10.6 Å². The Labute approximate surface area is 98.0 Å². The Hall–Kier alpha value is -0.680. The van der Waals surface area contributed by atoms with Gasteiger partial charge in [0.2, 0.25) is 0 Å². The van der Waals surface area contributed by atoms with Crippen molar-refractivity contribution in [3.63, 3.8) is 0 Å². The molecular weight excluding hydrogens is 256 g/mol. The topological polar surface area (TPSA) is 49.8 Å². The SMILES string of the molecule is Cc1nc(C)c(Br)c(NC2CCNC2)n1. The van der Waals surface area contributed by atoms with Crippen LogP contribution in [0.15, 0.2) is 4.47 Å². The van der Waals surface area contributed by atoms with E-state index in [1.54, 1.807) is 0 Å². The number of aryl methyl sites for hydroxylation is 2. The zero-order valence-corrected chi connectivity index (χ0v) is 10.6. The monoisotopic (exact) mass is 270 g/mol. The second kappa shape index (κ2) is 4.45. The van der Waals surface area contributed by atoms with Crippen molar-refractivity contribution < 1.29 is 0 Å². The van der Waals surface area contributed by atoms with Crippen molar-refractivity contribution in [2.24, 2.45) is 0 Å². The van der Waals surface area contributed by atoms with Crippen LogP contribution < -0.4 is 10.6 Å². The number of hydrogen-bond acceptors (Lipinski definition) is 4. The highest BCUT2D eigenvalue weighted by atomic mass is 79.9. The van der Waals surface area contributed by atoms with Gasteiger partial charge in [-0.3, -0.25) is 0 Å². The predicted octanol–water partition coefficient (Wildman–Crippen LogP) is 1.63. The number of rotatable bonds is 2. The van der Waals surface area contributed by atoms with Gasteiger partial charge in [-0.1, -0.05) is 0 Å². The maximum atomic E-state index is 4.40. The number of aromatic nitrogens is 2. The molecule has 1 aromatic heterocycles. The average Bonchev–Trinajstić information content (AvgIpc) is 2.66. The summed E-state index contributed by atoms with van der Waals surface area (Å²) in [5.41, 5.74) is 0.982. The molecule has 1 aromatic rings. The zero-order valence-electron chi connectivity index (χ0n) is 8.97. The molecule has 2 N–H and O–H groups in total. The summed E-state index contributed by atoms with van der Waals surface area (Å²) in [5, 5.41) is 6.75. The van der Waals surface area contributed by atoms with Crippen molar-refractivity contribution in [3.05, 3.63) is 16.0 Å². The first-order valence-corrected chi connectivity index (χ1v) is 5.94. The van der Waals surface area contributed by atoms with Crippen LogP contribution in [0.1, 0.15) is 17.9 Å². The highest BCUT2D eigenvalue weighted by Gasteiger charge is 2.16. The van der Waals surface area contributed by atoms with E-state index in [1.807, 2.05) is 13.8 Å². The maximum Gasteiger partial charge on any atom is 0.144 e. The molecule has 4 nitrogen and oxygen atoms in total. The summed E-state index contributed by atoms with van der Waals surface area (Å²) in [5.74, 6) is 1.72. The van der Waals surface area contributed by atoms with Crippen LogP contribution in [0.25, 0.3) is 0 Å². The first-order valence-electron chi connectivity index (χ1n) is 5.15. The van der Waals surface area contributed by atoms with Crippen LogP contribution in [-0.4, -0.2) is 29.1 Å². The van der Waals surface area contributed by atoms with E-state index < -0.39 is 0 Å². The Morgan fingerprint density at radius 1 is 1.40 bits per heavy atom. The molecule has 1 unspecified atom stereocenters. The van der Waals surface area contributed by atoms with Gasteiger partial charge in [0.1, 0.15) is 11.6 Å². The molecule has 0 saturated carbocycles. The first-order chi connectivity index (χ1) is 7.16. The van der Waals surface area contributed by atoms with Crippen molar-refractivity contribution in [2.75, 3.05) is 18.4 Å². The standard InChI is InChI=1S/C10H15BrN4/c1-6-9(11)10(14-7(2)13-6)15-8-3-4-12-5-8/h8,12H,3-5H2,1-2H3,(H,13,14,15). The fraction of sp³-hybridized carbons (Fsp3) is 0.600. The molecule has 15 heavy (non-hydrogen) atoms. The molecule has 0 amide bonds. The molecule has 0 spiro atoms. The second-order valence-corrected chi connectivity index (χ2v) is 4.65. The Kier molecular flexibility index (Phi) is 3.21. The van der Waals surface area contributed by atoms with E-state index in [0.717, 1.165) is 41.3 Å². The van der Waals surface area contributed by atoms with Gasteiger partial charge >= 0.3 is 0 Å². The lowest BCUT2D eigenvalue weighted by atomic mass is 10.2. The van der Waals surface area contributed by atoms with Crippen molar-refractivity contribution in [1.82, 2.24) is 15.3 Å². The fourth-order valence-electron chi connectivity index (χ4n) is 1.77. The van der Waals surface area contributed by atoms with Gasteiger partial charge in [-0.15, -0.1) is 0 Å². The highest BCUT2D eigenvalue weighted by molar-refractivity contribution is 9.10. The van der Waals surface area contributed by atoms with Crippen molar-refractivity contribution in [1.29, 1.82) is 0 Å². The highest BCUT2D eigenvalue weighted by Crippen LogP contribution is 2.24. The van der Waals surface area contributed by atoms with Gasteiger partial charge in [-0.05, 0) is 42.7 Å². The van der Waals surface area contributed by atoms with Crippen LogP contribution in [0.3, 0.4) is 0 Å². The zero-order chi connectivity index (χ0) is 10.8. The summed E-state index contributed by atoms with van der Waals surface area (Å²) in [4.78, 5) is 8.69. The van der Waals surface area contributed by atoms with Crippen LogP contribution >= 0.6 is 15.9 Å². The van der Waals surface area contributed by atoms with Crippen LogP contribution in [0.5, 0.6) is 0 Å². The summed E-state index contributed by atoms with van der Waals surface area (Å²) in [7, 11) is 0. The minimum atomic E-state index is 0.481. The van der Waals surface area contributed by atoms with Crippen LogP contribution in [-0.2, 0) is 0 Å². The Balaban J connectivity index is 2.19. The van der Waals surface area contributed by atoms with Crippen LogP contribution in [0, 0.1) is 13.8 Å². The van der Waals surface area contributed by atoms with E-state index in [4.69, 9.17) is 0 Å². The predicted molar refractivity (Wildman–Crippen MR) is 64.1 cm³/mol. The average molecular weight is 271 g/mol. The summed E-state index contributed by atoms with van der Waals surface area (Å²) >= 11 is 3.51. The lowest BCUT2D eigenvalue weighted by molar-refractivity contribution is 0.782. The molecule has 1 aliphatic rings. The minimum absolute atomic E-state index is 0.481. The maximum absolute atomic E-state index is 4.40. The van der Waals surface area contributed by atoms with E-state index in [-0.39, 0.29) is 0 Å². The summed E-state index contributed by atoms with van der Waals surface area (Å²) in [6.07, 6.45) is 1.15. The third-order valence-electron chi connectivity index (χ3n) is 2.53. The molecule has 1 atom stereocenters. The lowest BCUT2D eigenvalue weighted by Crippen LogP contribution is -2.23. The molecule has 5 heteroatoms. The van der Waals surface area contributed by atoms with E-state index in [9.17, 15) is 0 Å². The van der Waals surface area contributed by atoms with Crippen molar-refractivity contribution in [3.8, 4) is 0 Å². The molecule has 0 aliphatic carbocycles. The summed E-state index contributed by atoms with van der Waals surface area (Å²) in [6.45, 7) is 5.99. The largest absolute Gasteiger partial charge is 0.365 e. The Bertz CT molecular complexity index is 361. The van der Waals surface area contributed by atoms with E-state index >= 15 is 0 Å². The molecule has 2 rings (SSSR count). The van der Waals surface area contributed by atoms with Gasteiger partial charge in [-0.25, -0.2) is 9.97 Å². The fourth-order valence-corrected chi connectivity index (χ4v) is 2.06. The van der Waals surface area contributed by atoms with Gasteiger partial charge in [-0.2, -0.15) is 0 Å². The number of halogens is 1. The molecule has 0 aromatic carbocycles. The number of anilines is 1. The summed E-state index contributed by atoms with van der Waals surface area (Å²) < 4.78 is 0.972. The molecule has 2 heterocycles. The van der Waals surface area contributed by atoms with Gasteiger partial charge in [0.05, 0.1) is 10.2 Å². The van der Waals surface area contributed by atoms with Crippen LogP contribution in [0.2, 0.25) is 0 Å². The Morgan fingerprint density at radius 3 is 2.87 bits per heavy atom. The molecule has 0 bridgehead atoms. The van der Waals surface area contributed by atoms with Crippen LogP contribution in [0.4, 0.5) is 5.82 Å². The van der Waals surface area contributed by atoms with Gasteiger partial charge in [0, 0.05) is 12.6 Å². The quantitative estimate of drug-likeness (QED) is 0.858. The van der Waals surface area contributed by atoms with E-state index in [2.05, 4.69) is 36.5 Å². The summed E-state index contributed by atoms with van der Waals surface area (Å²) in [6, 6.07) is 0.481. The third kappa shape index (κ3) is 2.46. The first kappa shape index (κ1) is 10.8.